The Labute approximate surface area is 88.1 Å². The molecule has 5 heteroatoms. The zero-order chi connectivity index (χ0) is 12.1. The third-order valence-corrected chi connectivity index (χ3v) is 0.924. The van der Waals surface area contributed by atoms with E-state index in [1.54, 1.807) is 0 Å². The lowest BCUT2D eigenvalue weighted by atomic mass is 10.3. The van der Waals surface area contributed by atoms with Crippen LogP contribution < -0.4 is 0 Å². The summed E-state index contributed by atoms with van der Waals surface area (Å²) >= 11 is 0. The van der Waals surface area contributed by atoms with E-state index in [2.05, 4.69) is 16.6 Å². The summed E-state index contributed by atoms with van der Waals surface area (Å²) in [5.41, 5.74) is 0. The van der Waals surface area contributed by atoms with E-state index in [4.69, 9.17) is 23.1 Å². The van der Waals surface area contributed by atoms with E-state index >= 15 is 0 Å². The van der Waals surface area contributed by atoms with E-state index in [9.17, 15) is 9.59 Å². The van der Waals surface area contributed by atoms with Gasteiger partial charge in [0.25, 0.3) is 0 Å². The van der Waals surface area contributed by atoms with Gasteiger partial charge in [-0.1, -0.05) is 11.8 Å². The van der Waals surface area contributed by atoms with Crippen LogP contribution in [0.3, 0.4) is 0 Å². The first kappa shape index (κ1) is 15.5. The standard InChI is InChI=1S/C6H6O.C4H6O4/c1-3-5-7-6-4-2;5-3(6)1-2-4(7)8/h1-2H,5-6H2;1-2H2,(H,5,6)(H,7,8). The Morgan fingerprint density at radius 3 is 1.53 bits per heavy atom. The molecule has 0 atom stereocenters. The van der Waals surface area contributed by atoms with Crippen LogP contribution in [0.5, 0.6) is 0 Å². The third-order valence-electron chi connectivity index (χ3n) is 0.924. The molecule has 5 nitrogen and oxygen atoms in total. The van der Waals surface area contributed by atoms with E-state index < -0.39 is 11.9 Å². The van der Waals surface area contributed by atoms with Gasteiger partial charge in [0.15, 0.2) is 0 Å². The first-order valence-corrected chi connectivity index (χ1v) is 3.92. The van der Waals surface area contributed by atoms with Gasteiger partial charge in [0.05, 0.1) is 12.8 Å². The summed E-state index contributed by atoms with van der Waals surface area (Å²) in [6.07, 6.45) is 9.06. The summed E-state index contributed by atoms with van der Waals surface area (Å²) < 4.78 is 4.66. The average Bonchev–Trinajstić information content (AvgIpc) is 2.17. The number of rotatable bonds is 5. The molecule has 0 rings (SSSR count). The highest BCUT2D eigenvalue weighted by molar-refractivity contribution is 5.75. The molecule has 0 aliphatic carbocycles. The summed E-state index contributed by atoms with van der Waals surface area (Å²) in [4.78, 5) is 19.3. The van der Waals surface area contributed by atoms with Crippen LogP contribution in [0.15, 0.2) is 0 Å². The molecule has 0 saturated heterocycles. The molecule has 0 amide bonds. The van der Waals surface area contributed by atoms with Gasteiger partial charge in [0.2, 0.25) is 0 Å². The van der Waals surface area contributed by atoms with Crippen LogP contribution in [0, 0.1) is 24.7 Å². The minimum Gasteiger partial charge on any atom is -0.481 e. The van der Waals surface area contributed by atoms with E-state index in [0.29, 0.717) is 13.2 Å². The maximum atomic E-state index is 9.64. The van der Waals surface area contributed by atoms with Gasteiger partial charge in [0.1, 0.15) is 13.2 Å². The second-order valence-electron chi connectivity index (χ2n) is 2.19. The van der Waals surface area contributed by atoms with Crippen molar-refractivity contribution in [3.8, 4) is 24.7 Å². The summed E-state index contributed by atoms with van der Waals surface area (Å²) in [6, 6.07) is 0. The highest BCUT2D eigenvalue weighted by Crippen LogP contribution is 1.86. The molecule has 0 spiro atoms. The molecule has 0 saturated carbocycles. The molecular formula is C10H12O5. The summed E-state index contributed by atoms with van der Waals surface area (Å²) in [7, 11) is 0. The van der Waals surface area contributed by atoms with Crippen LogP contribution in [0.2, 0.25) is 0 Å². The fraction of sp³-hybridized carbons (Fsp3) is 0.400. The highest BCUT2D eigenvalue weighted by Gasteiger charge is 2.00. The third kappa shape index (κ3) is 24.5. The number of carboxylic acids is 2. The molecule has 0 bridgehead atoms. The van der Waals surface area contributed by atoms with Crippen molar-refractivity contribution in [2.75, 3.05) is 13.2 Å². The second kappa shape index (κ2) is 12.0. The lowest BCUT2D eigenvalue weighted by Gasteiger charge is -1.86. The number of ether oxygens (including phenoxy) is 1. The molecule has 0 aromatic rings. The Morgan fingerprint density at radius 1 is 1.00 bits per heavy atom. The van der Waals surface area contributed by atoms with E-state index in [-0.39, 0.29) is 12.8 Å². The van der Waals surface area contributed by atoms with Gasteiger partial charge in [-0.25, -0.2) is 0 Å². The molecule has 0 unspecified atom stereocenters. The monoisotopic (exact) mass is 212 g/mol. The molecule has 0 aliphatic rings. The minimum atomic E-state index is -1.08. The first-order valence-electron chi connectivity index (χ1n) is 3.92. The molecule has 0 radical (unpaired) electrons. The van der Waals surface area contributed by atoms with Crippen molar-refractivity contribution in [3.63, 3.8) is 0 Å². The second-order valence-corrected chi connectivity index (χ2v) is 2.19. The largest absolute Gasteiger partial charge is 0.481 e. The molecule has 0 fully saturated rings. The van der Waals surface area contributed by atoms with Crippen molar-refractivity contribution in [3.05, 3.63) is 0 Å². The van der Waals surface area contributed by atoms with E-state index in [1.807, 2.05) is 0 Å². The smallest absolute Gasteiger partial charge is 0.303 e. The molecule has 0 aromatic carbocycles. The number of hydrogen-bond donors (Lipinski definition) is 2. The van der Waals surface area contributed by atoms with E-state index in [1.165, 1.54) is 0 Å². The normalized spacial score (nSPS) is 7.60. The molecule has 2 N–H and O–H groups in total. The fourth-order valence-electron chi connectivity index (χ4n) is 0.383. The van der Waals surface area contributed by atoms with Gasteiger partial charge < -0.3 is 14.9 Å². The SMILES string of the molecule is C#CCOCC#C.O=C(O)CCC(=O)O. The summed E-state index contributed by atoms with van der Waals surface area (Å²) in [5, 5.41) is 15.8. The molecule has 15 heavy (non-hydrogen) atoms. The molecule has 0 aliphatic heterocycles. The molecule has 0 aromatic heterocycles. The van der Waals surface area contributed by atoms with Crippen molar-refractivity contribution in [2.24, 2.45) is 0 Å². The Bertz CT molecular complexity index is 241. The van der Waals surface area contributed by atoms with Gasteiger partial charge in [-0.15, -0.1) is 12.8 Å². The highest BCUT2D eigenvalue weighted by atomic mass is 16.5. The van der Waals surface area contributed by atoms with Gasteiger partial charge in [-0.3, -0.25) is 9.59 Å². The molecule has 0 heterocycles. The van der Waals surface area contributed by atoms with Crippen LogP contribution in [-0.2, 0) is 14.3 Å². The van der Waals surface area contributed by atoms with E-state index in [0.717, 1.165) is 0 Å². The van der Waals surface area contributed by atoms with Crippen LogP contribution in [0.4, 0.5) is 0 Å². The van der Waals surface area contributed by atoms with Crippen molar-refractivity contribution in [2.45, 2.75) is 12.8 Å². The van der Waals surface area contributed by atoms with Crippen molar-refractivity contribution in [1.29, 1.82) is 0 Å². The zero-order valence-electron chi connectivity index (χ0n) is 8.10. The van der Waals surface area contributed by atoms with Crippen LogP contribution in [-0.4, -0.2) is 35.4 Å². The van der Waals surface area contributed by atoms with Gasteiger partial charge in [0, 0.05) is 0 Å². The minimum absolute atomic E-state index is 0.296. The number of terminal acetylenes is 2. The first-order chi connectivity index (χ1) is 7.04. The predicted octanol–water partition coefficient (Wildman–Crippen LogP) is 0.205. The van der Waals surface area contributed by atoms with Crippen LogP contribution >= 0.6 is 0 Å². The fourth-order valence-corrected chi connectivity index (χ4v) is 0.383. The Kier molecular flexibility index (Phi) is 12.4. The Morgan fingerprint density at radius 2 is 1.33 bits per heavy atom. The average molecular weight is 212 g/mol. The number of carbonyl (C=O) groups is 2. The van der Waals surface area contributed by atoms with Gasteiger partial charge in [-0.2, -0.15) is 0 Å². The topological polar surface area (TPSA) is 83.8 Å². The molecular weight excluding hydrogens is 200 g/mol. The van der Waals surface area contributed by atoms with Crippen molar-refractivity contribution < 1.29 is 24.5 Å². The summed E-state index contributed by atoms with van der Waals surface area (Å²) in [5.74, 6) is 2.42. The predicted molar refractivity (Wildman–Crippen MR) is 53.0 cm³/mol. The number of aliphatic carboxylic acids is 2. The lowest BCUT2D eigenvalue weighted by Crippen LogP contribution is -2.00. The van der Waals surface area contributed by atoms with Crippen LogP contribution in [0.1, 0.15) is 12.8 Å². The number of carboxylic acid groups (broad SMARTS) is 2. The van der Waals surface area contributed by atoms with Crippen molar-refractivity contribution >= 4 is 11.9 Å². The summed E-state index contributed by atoms with van der Waals surface area (Å²) in [6.45, 7) is 0.619. The maximum absolute atomic E-state index is 9.64. The van der Waals surface area contributed by atoms with Crippen molar-refractivity contribution in [1.82, 2.24) is 0 Å². The quantitative estimate of drug-likeness (QED) is 0.502. The van der Waals surface area contributed by atoms with Gasteiger partial charge in [-0.05, 0) is 0 Å². The Hall–Kier alpha value is -1.98. The Balaban J connectivity index is 0. The lowest BCUT2D eigenvalue weighted by molar-refractivity contribution is -0.143. The van der Waals surface area contributed by atoms with Gasteiger partial charge >= 0.3 is 11.9 Å². The molecule has 82 valence electrons. The van der Waals surface area contributed by atoms with Crippen LogP contribution in [0.25, 0.3) is 0 Å². The maximum Gasteiger partial charge on any atom is 0.303 e. The zero-order valence-corrected chi connectivity index (χ0v) is 8.10. The number of hydrogen-bond acceptors (Lipinski definition) is 3.